The Bertz CT molecular complexity index is 719. The summed E-state index contributed by atoms with van der Waals surface area (Å²) < 4.78 is 51.5. The van der Waals surface area contributed by atoms with Gasteiger partial charge >= 0.3 is 6.18 Å². The van der Waals surface area contributed by atoms with Crippen molar-refractivity contribution in [3.8, 4) is 0 Å². The average molecular weight is 355 g/mol. The van der Waals surface area contributed by atoms with E-state index in [2.05, 4.69) is 15.0 Å². The van der Waals surface area contributed by atoms with E-state index in [1.54, 1.807) is 18.0 Å². The zero-order chi connectivity index (χ0) is 18.0. The van der Waals surface area contributed by atoms with Crippen LogP contribution in [-0.2, 0) is 6.18 Å². The highest BCUT2D eigenvalue weighted by atomic mass is 19.4. The van der Waals surface area contributed by atoms with Crippen LogP contribution in [-0.4, -0.2) is 41.1 Å². The van der Waals surface area contributed by atoms with E-state index in [-0.39, 0.29) is 11.9 Å². The van der Waals surface area contributed by atoms with Crippen molar-refractivity contribution in [2.45, 2.75) is 25.1 Å². The van der Waals surface area contributed by atoms with Crippen LogP contribution in [0.25, 0.3) is 0 Å². The Morgan fingerprint density at radius 3 is 2.68 bits per heavy atom. The molecule has 0 radical (unpaired) electrons. The molecule has 0 aromatic carbocycles. The standard InChI is InChI=1S/C16H17F4N5/c1-24(15-7-13(16(18,19)20)22-10-23-15)12-3-2-6-25(9-12)14-5-4-11(17)8-21-14/h4-5,7-8,10,12H,2-3,6,9H2,1H3. The Kier molecular flexibility index (Phi) is 4.73. The molecule has 134 valence electrons. The lowest BCUT2D eigenvalue weighted by Gasteiger charge is -2.38. The van der Waals surface area contributed by atoms with Crippen LogP contribution in [0.4, 0.5) is 29.2 Å². The molecule has 1 fully saturated rings. The Balaban J connectivity index is 1.76. The molecule has 0 saturated carbocycles. The predicted octanol–water partition coefficient (Wildman–Crippen LogP) is 3.13. The number of anilines is 2. The fraction of sp³-hybridized carbons (Fsp3) is 0.438. The summed E-state index contributed by atoms with van der Waals surface area (Å²) in [4.78, 5) is 15.1. The molecular weight excluding hydrogens is 338 g/mol. The largest absolute Gasteiger partial charge is 0.433 e. The van der Waals surface area contributed by atoms with Crippen LogP contribution in [0, 0.1) is 5.82 Å². The molecule has 1 aliphatic rings. The van der Waals surface area contributed by atoms with Gasteiger partial charge in [-0.15, -0.1) is 0 Å². The van der Waals surface area contributed by atoms with Gasteiger partial charge < -0.3 is 9.80 Å². The molecule has 2 aromatic heterocycles. The van der Waals surface area contributed by atoms with E-state index in [9.17, 15) is 17.6 Å². The molecule has 1 aliphatic heterocycles. The molecule has 0 N–H and O–H groups in total. The molecular formula is C16H17F4N5. The third-order valence-electron chi connectivity index (χ3n) is 4.28. The Labute approximate surface area is 142 Å². The Morgan fingerprint density at radius 1 is 1.20 bits per heavy atom. The van der Waals surface area contributed by atoms with Gasteiger partial charge in [0, 0.05) is 32.2 Å². The molecule has 0 amide bonds. The first-order valence-electron chi connectivity index (χ1n) is 7.83. The molecule has 2 aromatic rings. The fourth-order valence-corrected chi connectivity index (χ4v) is 2.92. The van der Waals surface area contributed by atoms with Gasteiger partial charge in [-0.2, -0.15) is 13.2 Å². The van der Waals surface area contributed by atoms with E-state index in [1.165, 1.54) is 6.07 Å². The first-order chi connectivity index (χ1) is 11.8. The number of rotatable bonds is 3. The Hall–Kier alpha value is -2.45. The van der Waals surface area contributed by atoms with Crippen LogP contribution >= 0.6 is 0 Å². The molecule has 0 bridgehead atoms. The number of piperidine rings is 1. The summed E-state index contributed by atoms with van der Waals surface area (Å²) >= 11 is 0. The quantitative estimate of drug-likeness (QED) is 0.792. The van der Waals surface area contributed by atoms with Crippen molar-refractivity contribution in [1.82, 2.24) is 15.0 Å². The third-order valence-corrected chi connectivity index (χ3v) is 4.28. The van der Waals surface area contributed by atoms with Crippen molar-refractivity contribution < 1.29 is 17.6 Å². The van der Waals surface area contributed by atoms with Gasteiger partial charge in [0.1, 0.15) is 29.5 Å². The number of halogens is 4. The Morgan fingerprint density at radius 2 is 2.00 bits per heavy atom. The molecule has 3 rings (SSSR count). The number of hydrogen-bond acceptors (Lipinski definition) is 5. The molecule has 9 heteroatoms. The second kappa shape index (κ2) is 6.81. The molecule has 5 nitrogen and oxygen atoms in total. The highest BCUT2D eigenvalue weighted by Gasteiger charge is 2.34. The molecule has 25 heavy (non-hydrogen) atoms. The van der Waals surface area contributed by atoms with Gasteiger partial charge in [-0.1, -0.05) is 0 Å². The van der Waals surface area contributed by atoms with Crippen LogP contribution in [0.5, 0.6) is 0 Å². The minimum Gasteiger partial charge on any atom is -0.355 e. The minimum absolute atomic E-state index is 0.0309. The number of hydrogen-bond donors (Lipinski definition) is 0. The molecule has 0 aliphatic carbocycles. The first-order valence-corrected chi connectivity index (χ1v) is 7.83. The molecule has 0 spiro atoms. The van der Waals surface area contributed by atoms with Crippen LogP contribution in [0.3, 0.4) is 0 Å². The summed E-state index contributed by atoms with van der Waals surface area (Å²) in [7, 11) is 1.72. The number of nitrogens with zero attached hydrogens (tertiary/aromatic N) is 5. The van der Waals surface area contributed by atoms with Crippen molar-refractivity contribution in [2.24, 2.45) is 0 Å². The maximum atomic E-state index is 13.0. The number of likely N-dealkylation sites (N-methyl/N-ethyl adjacent to an activating group) is 1. The lowest BCUT2D eigenvalue weighted by Crippen LogP contribution is -2.47. The van der Waals surface area contributed by atoms with Gasteiger partial charge in [-0.05, 0) is 25.0 Å². The summed E-state index contributed by atoms with van der Waals surface area (Å²) in [6, 6.07) is 3.87. The molecule has 1 saturated heterocycles. The van der Waals surface area contributed by atoms with Crippen LogP contribution in [0.2, 0.25) is 0 Å². The topological polar surface area (TPSA) is 45.2 Å². The normalized spacial score (nSPS) is 18.3. The van der Waals surface area contributed by atoms with Crippen LogP contribution < -0.4 is 9.80 Å². The van der Waals surface area contributed by atoms with Crippen molar-refractivity contribution in [1.29, 1.82) is 0 Å². The van der Waals surface area contributed by atoms with Gasteiger partial charge in [0.15, 0.2) is 0 Å². The summed E-state index contributed by atoms with van der Waals surface area (Å²) in [5.74, 6) is 0.467. The van der Waals surface area contributed by atoms with Crippen LogP contribution in [0.15, 0.2) is 30.7 Å². The maximum Gasteiger partial charge on any atom is 0.433 e. The van der Waals surface area contributed by atoms with E-state index in [0.29, 0.717) is 12.4 Å². The van der Waals surface area contributed by atoms with Crippen molar-refractivity contribution in [3.05, 3.63) is 42.2 Å². The second-order valence-electron chi connectivity index (χ2n) is 5.95. The number of pyridine rings is 1. The zero-order valence-electron chi connectivity index (χ0n) is 13.5. The minimum atomic E-state index is -4.50. The fourth-order valence-electron chi connectivity index (χ4n) is 2.92. The van der Waals surface area contributed by atoms with Crippen molar-refractivity contribution >= 4 is 11.6 Å². The van der Waals surface area contributed by atoms with Crippen LogP contribution in [0.1, 0.15) is 18.5 Å². The maximum absolute atomic E-state index is 13.0. The zero-order valence-corrected chi connectivity index (χ0v) is 13.5. The van der Waals surface area contributed by atoms with Crippen molar-refractivity contribution in [2.75, 3.05) is 29.9 Å². The van der Waals surface area contributed by atoms with Gasteiger partial charge in [-0.3, -0.25) is 0 Å². The number of alkyl halides is 3. The van der Waals surface area contributed by atoms with Gasteiger partial charge in [0.2, 0.25) is 0 Å². The van der Waals surface area contributed by atoms with Crippen molar-refractivity contribution in [3.63, 3.8) is 0 Å². The molecule has 1 unspecified atom stereocenters. The smallest absolute Gasteiger partial charge is 0.355 e. The van der Waals surface area contributed by atoms with Gasteiger partial charge in [0.05, 0.1) is 6.20 Å². The van der Waals surface area contributed by atoms with Gasteiger partial charge in [-0.25, -0.2) is 19.3 Å². The highest BCUT2D eigenvalue weighted by Crippen LogP contribution is 2.30. The molecule has 3 heterocycles. The summed E-state index contributed by atoms with van der Waals surface area (Å²) in [5.41, 5.74) is -0.961. The second-order valence-corrected chi connectivity index (χ2v) is 5.95. The summed E-state index contributed by atoms with van der Waals surface area (Å²) in [6.45, 7) is 1.33. The third kappa shape index (κ3) is 3.97. The number of aromatic nitrogens is 3. The average Bonchev–Trinajstić information content (AvgIpc) is 2.61. The van der Waals surface area contributed by atoms with E-state index < -0.39 is 17.7 Å². The van der Waals surface area contributed by atoms with E-state index in [0.717, 1.165) is 38.0 Å². The summed E-state index contributed by atoms with van der Waals surface area (Å²) in [5, 5.41) is 0. The highest BCUT2D eigenvalue weighted by molar-refractivity contribution is 5.43. The predicted molar refractivity (Wildman–Crippen MR) is 84.9 cm³/mol. The van der Waals surface area contributed by atoms with Gasteiger partial charge in [0.25, 0.3) is 0 Å². The monoisotopic (exact) mass is 355 g/mol. The lowest BCUT2D eigenvalue weighted by molar-refractivity contribution is -0.141. The lowest BCUT2D eigenvalue weighted by atomic mass is 10.0. The molecule has 1 atom stereocenters. The van der Waals surface area contributed by atoms with E-state index in [4.69, 9.17) is 0 Å². The SMILES string of the molecule is CN(c1cc(C(F)(F)F)ncn1)C1CCCN(c2ccc(F)cn2)C1. The van der Waals surface area contributed by atoms with E-state index >= 15 is 0 Å². The van der Waals surface area contributed by atoms with E-state index in [1.807, 2.05) is 4.90 Å². The first kappa shape index (κ1) is 17.4. The summed E-state index contributed by atoms with van der Waals surface area (Å²) in [6.07, 6.45) is -0.751.